The summed E-state index contributed by atoms with van der Waals surface area (Å²) in [5.41, 5.74) is 8.10. The van der Waals surface area contributed by atoms with Crippen LogP contribution in [0.15, 0.2) is 24.3 Å². The third-order valence-corrected chi connectivity index (χ3v) is 3.15. The van der Waals surface area contributed by atoms with Gasteiger partial charge >= 0.3 is 0 Å². The van der Waals surface area contributed by atoms with E-state index in [9.17, 15) is 4.39 Å². The minimum absolute atomic E-state index is 0.275. The highest BCUT2D eigenvalue weighted by molar-refractivity contribution is 5.73. The van der Waals surface area contributed by atoms with Crippen LogP contribution in [0.4, 0.5) is 21.6 Å². The van der Waals surface area contributed by atoms with Gasteiger partial charge in [-0.1, -0.05) is 25.5 Å². The van der Waals surface area contributed by atoms with Gasteiger partial charge in [0, 0.05) is 14.1 Å². The average molecular weight is 262 g/mol. The molecule has 4 nitrogen and oxygen atoms in total. The van der Waals surface area contributed by atoms with Gasteiger partial charge in [0.15, 0.2) is 5.82 Å². The highest BCUT2D eigenvalue weighted by Gasteiger charge is 2.19. The molecular formula is C14H19FN4. The fourth-order valence-corrected chi connectivity index (χ4v) is 2.24. The van der Waals surface area contributed by atoms with Crippen molar-refractivity contribution < 1.29 is 4.39 Å². The van der Waals surface area contributed by atoms with E-state index in [1.54, 1.807) is 34.8 Å². The summed E-state index contributed by atoms with van der Waals surface area (Å²) in [4.78, 5) is 1.73. The van der Waals surface area contributed by atoms with Crippen molar-refractivity contribution in [3.8, 4) is 0 Å². The Labute approximate surface area is 112 Å². The summed E-state index contributed by atoms with van der Waals surface area (Å²) in [5.74, 6) is 0.441. The molecular weight excluding hydrogens is 243 g/mol. The molecule has 1 aromatic carbocycles. The van der Waals surface area contributed by atoms with Gasteiger partial charge in [-0.15, -0.1) is 0 Å². The van der Waals surface area contributed by atoms with E-state index < -0.39 is 0 Å². The maximum absolute atomic E-state index is 13.8. The van der Waals surface area contributed by atoms with Crippen molar-refractivity contribution in [3.63, 3.8) is 0 Å². The summed E-state index contributed by atoms with van der Waals surface area (Å²) >= 11 is 0. The standard InChI is InChI=1S/C14H19FN4/c1-4-7-11-13(16)14(19(3)17-11)18(2)12-9-6-5-8-10(12)15/h5-6,8-9H,4,7,16H2,1-3H3. The highest BCUT2D eigenvalue weighted by Crippen LogP contribution is 2.32. The highest BCUT2D eigenvalue weighted by atomic mass is 19.1. The van der Waals surface area contributed by atoms with Crippen LogP contribution in [0.25, 0.3) is 0 Å². The molecule has 2 N–H and O–H groups in total. The van der Waals surface area contributed by atoms with Gasteiger partial charge in [0.1, 0.15) is 5.82 Å². The van der Waals surface area contributed by atoms with E-state index in [-0.39, 0.29) is 5.82 Å². The van der Waals surface area contributed by atoms with E-state index >= 15 is 0 Å². The van der Waals surface area contributed by atoms with Crippen LogP contribution in [0, 0.1) is 5.82 Å². The minimum atomic E-state index is -0.275. The van der Waals surface area contributed by atoms with E-state index in [0.29, 0.717) is 17.2 Å². The number of nitrogens with two attached hydrogens (primary N) is 1. The molecule has 102 valence electrons. The summed E-state index contributed by atoms with van der Waals surface area (Å²) in [5, 5.41) is 4.40. The van der Waals surface area contributed by atoms with Crippen molar-refractivity contribution in [2.24, 2.45) is 7.05 Å². The van der Waals surface area contributed by atoms with Gasteiger partial charge < -0.3 is 10.6 Å². The third-order valence-electron chi connectivity index (χ3n) is 3.15. The molecule has 0 radical (unpaired) electrons. The first-order valence-electron chi connectivity index (χ1n) is 6.35. The molecule has 1 aromatic heterocycles. The number of nitrogens with zero attached hydrogens (tertiary/aromatic N) is 3. The second-order valence-corrected chi connectivity index (χ2v) is 4.57. The van der Waals surface area contributed by atoms with Crippen LogP contribution in [-0.4, -0.2) is 16.8 Å². The summed E-state index contributed by atoms with van der Waals surface area (Å²) in [6.07, 6.45) is 1.80. The van der Waals surface area contributed by atoms with Gasteiger partial charge in [-0.3, -0.25) is 4.68 Å². The Morgan fingerprint density at radius 3 is 2.68 bits per heavy atom. The average Bonchev–Trinajstić information content (AvgIpc) is 2.65. The largest absolute Gasteiger partial charge is 0.394 e. The summed E-state index contributed by atoms with van der Waals surface area (Å²) in [6.45, 7) is 2.08. The fourth-order valence-electron chi connectivity index (χ4n) is 2.24. The molecule has 0 atom stereocenters. The predicted octanol–water partition coefficient (Wildman–Crippen LogP) is 2.86. The summed E-state index contributed by atoms with van der Waals surface area (Å²) < 4.78 is 15.5. The Hall–Kier alpha value is -2.04. The van der Waals surface area contributed by atoms with E-state index in [0.717, 1.165) is 18.5 Å². The smallest absolute Gasteiger partial charge is 0.154 e. The first-order chi connectivity index (χ1) is 9.06. The van der Waals surface area contributed by atoms with Crippen LogP contribution in [0.5, 0.6) is 0 Å². The van der Waals surface area contributed by atoms with E-state index in [4.69, 9.17) is 5.73 Å². The lowest BCUT2D eigenvalue weighted by molar-refractivity contribution is 0.626. The molecule has 0 fully saturated rings. The number of aryl methyl sites for hydroxylation is 2. The van der Waals surface area contributed by atoms with Crippen molar-refractivity contribution in [3.05, 3.63) is 35.8 Å². The molecule has 0 aliphatic carbocycles. The van der Waals surface area contributed by atoms with Crippen LogP contribution < -0.4 is 10.6 Å². The summed E-state index contributed by atoms with van der Waals surface area (Å²) in [6, 6.07) is 6.63. The molecule has 0 saturated carbocycles. The van der Waals surface area contributed by atoms with Gasteiger partial charge in [0.2, 0.25) is 0 Å². The zero-order valence-corrected chi connectivity index (χ0v) is 11.5. The van der Waals surface area contributed by atoms with Gasteiger partial charge in [-0.2, -0.15) is 5.10 Å². The fraction of sp³-hybridized carbons (Fsp3) is 0.357. The van der Waals surface area contributed by atoms with Crippen molar-refractivity contribution in [1.29, 1.82) is 0 Å². The normalized spacial score (nSPS) is 10.7. The predicted molar refractivity (Wildman–Crippen MR) is 76.1 cm³/mol. The van der Waals surface area contributed by atoms with Crippen LogP contribution in [0.2, 0.25) is 0 Å². The quantitative estimate of drug-likeness (QED) is 0.921. The molecule has 2 aromatic rings. The molecule has 0 saturated heterocycles. The second kappa shape index (κ2) is 5.30. The number of anilines is 3. The lowest BCUT2D eigenvalue weighted by Gasteiger charge is -2.20. The molecule has 0 unspecified atom stereocenters. The number of aromatic nitrogens is 2. The Bertz CT molecular complexity index is 577. The summed E-state index contributed by atoms with van der Waals surface area (Å²) in [7, 11) is 3.61. The number of hydrogen-bond donors (Lipinski definition) is 1. The molecule has 5 heteroatoms. The second-order valence-electron chi connectivity index (χ2n) is 4.57. The monoisotopic (exact) mass is 262 g/mol. The number of nitrogen functional groups attached to an aromatic ring is 1. The number of rotatable bonds is 4. The zero-order chi connectivity index (χ0) is 14.0. The van der Waals surface area contributed by atoms with Crippen molar-refractivity contribution in [1.82, 2.24) is 9.78 Å². The van der Waals surface area contributed by atoms with Crippen LogP contribution in [0.3, 0.4) is 0 Å². The molecule has 0 spiro atoms. The Kier molecular flexibility index (Phi) is 3.74. The van der Waals surface area contributed by atoms with Crippen molar-refractivity contribution in [2.75, 3.05) is 17.7 Å². The van der Waals surface area contributed by atoms with Gasteiger partial charge in [0.25, 0.3) is 0 Å². The van der Waals surface area contributed by atoms with Crippen LogP contribution >= 0.6 is 0 Å². The number of benzene rings is 1. The molecule has 0 aliphatic heterocycles. The van der Waals surface area contributed by atoms with Crippen LogP contribution in [0.1, 0.15) is 19.0 Å². The Morgan fingerprint density at radius 1 is 1.37 bits per heavy atom. The van der Waals surface area contributed by atoms with E-state index in [2.05, 4.69) is 12.0 Å². The van der Waals surface area contributed by atoms with Gasteiger partial charge in [0.05, 0.1) is 17.1 Å². The molecule has 0 bridgehead atoms. The Balaban J connectivity index is 2.45. The molecule has 0 aliphatic rings. The first kappa shape index (κ1) is 13.4. The lowest BCUT2D eigenvalue weighted by atomic mass is 10.2. The number of para-hydroxylation sites is 1. The molecule has 1 heterocycles. The van der Waals surface area contributed by atoms with Crippen molar-refractivity contribution in [2.45, 2.75) is 19.8 Å². The number of halogens is 1. The van der Waals surface area contributed by atoms with Gasteiger partial charge in [-0.25, -0.2) is 4.39 Å². The molecule has 0 amide bonds. The van der Waals surface area contributed by atoms with Crippen LogP contribution in [-0.2, 0) is 13.5 Å². The zero-order valence-electron chi connectivity index (χ0n) is 11.5. The van der Waals surface area contributed by atoms with E-state index in [1.807, 2.05) is 7.05 Å². The first-order valence-corrected chi connectivity index (χ1v) is 6.35. The molecule has 2 rings (SSSR count). The Morgan fingerprint density at radius 2 is 2.05 bits per heavy atom. The minimum Gasteiger partial charge on any atom is -0.394 e. The SMILES string of the molecule is CCCc1nn(C)c(N(C)c2ccccc2F)c1N. The topological polar surface area (TPSA) is 47.1 Å². The molecule has 19 heavy (non-hydrogen) atoms. The maximum atomic E-state index is 13.8. The third kappa shape index (κ3) is 2.41. The van der Waals surface area contributed by atoms with E-state index in [1.165, 1.54) is 6.07 Å². The van der Waals surface area contributed by atoms with Gasteiger partial charge in [-0.05, 0) is 18.6 Å². The van der Waals surface area contributed by atoms with Crippen molar-refractivity contribution >= 4 is 17.2 Å². The maximum Gasteiger partial charge on any atom is 0.154 e. The lowest BCUT2D eigenvalue weighted by Crippen LogP contribution is -2.16. The number of hydrogen-bond acceptors (Lipinski definition) is 3.